The topological polar surface area (TPSA) is 73.9 Å². The molecule has 0 aliphatic carbocycles. The summed E-state index contributed by atoms with van der Waals surface area (Å²) >= 11 is 1.32. The van der Waals surface area contributed by atoms with Crippen LogP contribution < -0.4 is 14.8 Å². The van der Waals surface area contributed by atoms with E-state index in [0.717, 1.165) is 4.90 Å². The second kappa shape index (κ2) is 9.50. The SMILES string of the molecule is CC(C)c1ccc(NC(=O)COC(=O)CSc2ccc3c(c2)OCCO3)cc1. The van der Waals surface area contributed by atoms with Gasteiger partial charge in [0.2, 0.25) is 0 Å². The number of rotatable bonds is 7. The smallest absolute Gasteiger partial charge is 0.316 e. The monoisotopic (exact) mass is 401 g/mol. The lowest BCUT2D eigenvalue weighted by molar-refractivity contribution is -0.144. The normalized spacial score (nSPS) is 12.5. The summed E-state index contributed by atoms with van der Waals surface area (Å²) in [6.45, 7) is 4.95. The van der Waals surface area contributed by atoms with Gasteiger partial charge in [0.05, 0.1) is 5.75 Å². The minimum Gasteiger partial charge on any atom is -0.486 e. The van der Waals surface area contributed by atoms with E-state index in [-0.39, 0.29) is 18.3 Å². The Hall–Kier alpha value is -2.67. The molecule has 1 amide bonds. The van der Waals surface area contributed by atoms with Crippen LogP contribution >= 0.6 is 11.8 Å². The number of anilines is 1. The summed E-state index contributed by atoms with van der Waals surface area (Å²) in [6, 6.07) is 13.1. The molecule has 0 spiro atoms. The molecule has 1 aliphatic rings. The van der Waals surface area contributed by atoms with E-state index in [1.807, 2.05) is 42.5 Å². The van der Waals surface area contributed by atoms with Crippen LogP contribution in [-0.2, 0) is 14.3 Å². The molecule has 7 heteroatoms. The van der Waals surface area contributed by atoms with E-state index in [0.29, 0.717) is 36.3 Å². The predicted molar refractivity (Wildman–Crippen MR) is 108 cm³/mol. The van der Waals surface area contributed by atoms with Crippen LogP contribution in [0.15, 0.2) is 47.4 Å². The molecule has 1 N–H and O–H groups in total. The fourth-order valence-electron chi connectivity index (χ4n) is 2.59. The Bertz CT molecular complexity index is 835. The largest absolute Gasteiger partial charge is 0.486 e. The molecule has 0 bridgehead atoms. The maximum atomic E-state index is 11.9. The number of hydrogen-bond donors (Lipinski definition) is 1. The summed E-state index contributed by atoms with van der Waals surface area (Å²) in [5.41, 5.74) is 1.87. The van der Waals surface area contributed by atoms with Crippen LogP contribution in [0, 0.1) is 0 Å². The van der Waals surface area contributed by atoms with Crippen molar-refractivity contribution in [3.05, 3.63) is 48.0 Å². The third-order valence-corrected chi connectivity index (χ3v) is 5.06. The number of amides is 1. The van der Waals surface area contributed by atoms with Gasteiger partial charge in [0.25, 0.3) is 5.91 Å². The fraction of sp³-hybridized carbons (Fsp3) is 0.333. The highest BCUT2D eigenvalue weighted by Crippen LogP contribution is 2.34. The molecule has 2 aromatic rings. The van der Waals surface area contributed by atoms with Crippen LogP contribution in [0.1, 0.15) is 25.3 Å². The maximum absolute atomic E-state index is 11.9. The van der Waals surface area contributed by atoms with Gasteiger partial charge in [-0.25, -0.2) is 0 Å². The van der Waals surface area contributed by atoms with Crippen LogP contribution in [0.5, 0.6) is 11.5 Å². The van der Waals surface area contributed by atoms with Crippen molar-refractivity contribution in [3.63, 3.8) is 0 Å². The molecule has 1 heterocycles. The molecule has 28 heavy (non-hydrogen) atoms. The molecule has 0 radical (unpaired) electrons. The zero-order valence-electron chi connectivity index (χ0n) is 15.9. The van der Waals surface area contributed by atoms with E-state index in [9.17, 15) is 9.59 Å². The average Bonchev–Trinajstić information content (AvgIpc) is 2.71. The number of carbonyl (C=O) groups is 2. The number of ether oxygens (including phenoxy) is 3. The van der Waals surface area contributed by atoms with Crippen LogP contribution in [0.2, 0.25) is 0 Å². The van der Waals surface area contributed by atoms with Crippen molar-refractivity contribution in [2.24, 2.45) is 0 Å². The van der Waals surface area contributed by atoms with Crippen LogP contribution in [-0.4, -0.2) is 37.4 Å². The highest BCUT2D eigenvalue weighted by molar-refractivity contribution is 8.00. The van der Waals surface area contributed by atoms with Crippen molar-refractivity contribution in [1.29, 1.82) is 0 Å². The molecule has 0 aromatic heterocycles. The van der Waals surface area contributed by atoms with E-state index in [1.54, 1.807) is 0 Å². The summed E-state index contributed by atoms with van der Waals surface area (Å²) in [7, 11) is 0. The lowest BCUT2D eigenvalue weighted by Crippen LogP contribution is -2.21. The molecular weight excluding hydrogens is 378 g/mol. The number of carbonyl (C=O) groups excluding carboxylic acids is 2. The van der Waals surface area contributed by atoms with Crippen molar-refractivity contribution < 1.29 is 23.8 Å². The predicted octanol–water partition coefficient (Wildman–Crippen LogP) is 3.86. The molecule has 148 valence electrons. The average molecular weight is 401 g/mol. The van der Waals surface area contributed by atoms with Gasteiger partial charge in [0.1, 0.15) is 13.2 Å². The third-order valence-electron chi connectivity index (χ3n) is 4.10. The minimum atomic E-state index is -0.454. The molecule has 3 rings (SSSR count). The number of thioether (sulfide) groups is 1. The standard InChI is InChI=1S/C21H23NO5S/c1-14(2)15-3-5-16(6-4-15)22-20(23)12-27-21(24)13-28-17-7-8-18-19(11-17)26-10-9-25-18/h3-8,11,14H,9-10,12-13H2,1-2H3,(H,22,23). The Morgan fingerprint density at radius 3 is 2.50 bits per heavy atom. The summed E-state index contributed by atoms with van der Waals surface area (Å²) in [4.78, 5) is 24.7. The molecule has 0 saturated heterocycles. The Kier molecular flexibility index (Phi) is 6.81. The summed E-state index contributed by atoms with van der Waals surface area (Å²) < 4.78 is 16.0. The maximum Gasteiger partial charge on any atom is 0.316 e. The Balaban J connectivity index is 1.40. The number of hydrogen-bond acceptors (Lipinski definition) is 6. The molecule has 6 nitrogen and oxygen atoms in total. The zero-order valence-corrected chi connectivity index (χ0v) is 16.7. The van der Waals surface area contributed by atoms with Crippen molar-refractivity contribution in [3.8, 4) is 11.5 Å². The summed E-state index contributed by atoms with van der Waals surface area (Å²) in [5.74, 6) is 1.09. The minimum absolute atomic E-state index is 0.107. The van der Waals surface area contributed by atoms with Gasteiger partial charge < -0.3 is 19.5 Å². The second-order valence-electron chi connectivity index (χ2n) is 6.58. The van der Waals surface area contributed by atoms with E-state index >= 15 is 0 Å². The first-order valence-electron chi connectivity index (χ1n) is 9.09. The van der Waals surface area contributed by atoms with Crippen LogP contribution in [0.4, 0.5) is 5.69 Å². The summed E-state index contributed by atoms with van der Waals surface area (Å²) in [5, 5.41) is 2.72. The molecule has 0 unspecified atom stereocenters. The van der Waals surface area contributed by atoms with Crippen LogP contribution in [0.3, 0.4) is 0 Å². The van der Waals surface area contributed by atoms with Crippen LogP contribution in [0.25, 0.3) is 0 Å². The van der Waals surface area contributed by atoms with Gasteiger partial charge in [-0.2, -0.15) is 0 Å². The Morgan fingerprint density at radius 1 is 1.07 bits per heavy atom. The number of fused-ring (bicyclic) bond motifs is 1. The third kappa shape index (κ3) is 5.66. The van der Waals surface area contributed by atoms with Gasteiger partial charge >= 0.3 is 5.97 Å². The lowest BCUT2D eigenvalue weighted by atomic mass is 10.0. The molecule has 1 aliphatic heterocycles. The van der Waals surface area contributed by atoms with Gasteiger partial charge in [-0.3, -0.25) is 9.59 Å². The van der Waals surface area contributed by atoms with Crippen molar-refractivity contribution in [2.75, 3.05) is 30.9 Å². The highest BCUT2D eigenvalue weighted by Gasteiger charge is 2.13. The summed E-state index contributed by atoms with van der Waals surface area (Å²) in [6.07, 6.45) is 0. The van der Waals surface area contributed by atoms with E-state index in [4.69, 9.17) is 14.2 Å². The van der Waals surface area contributed by atoms with E-state index in [2.05, 4.69) is 19.2 Å². The van der Waals surface area contributed by atoms with Gasteiger partial charge in [-0.05, 0) is 41.8 Å². The van der Waals surface area contributed by atoms with Gasteiger partial charge in [0.15, 0.2) is 18.1 Å². The highest BCUT2D eigenvalue weighted by atomic mass is 32.2. The Labute approximate surface area is 168 Å². The number of esters is 1. The van der Waals surface area contributed by atoms with Crippen molar-refractivity contribution in [1.82, 2.24) is 0 Å². The Morgan fingerprint density at radius 2 is 1.79 bits per heavy atom. The first-order chi connectivity index (χ1) is 13.5. The molecule has 0 saturated carbocycles. The quantitative estimate of drug-likeness (QED) is 0.561. The van der Waals surface area contributed by atoms with Gasteiger partial charge in [-0.1, -0.05) is 26.0 Å². The molecule has 0 atom stereocenters. The fourth-order valence-corrected chi connectivity index (χ4v) is 3.31. The van der Waals surface area contributed by atoms with Gasteiger partial charge in [-0.15, -0.1) is 11.8 Å². The first-order valence-corrected chi connectivity index (χ1v) is 10.1. The zero-order chi connectivity index (χ0) is 19.9. The second-order valence-corrected chi connectivity index (χ2v) is 7.63. The number of benzene rings is 2. The number of nitrogens with one attached hydrogen (secondary N) is 1. The first kappa shape index (κ1) is 20.1. The van der Waals surface area contributed by atoms with E-state index < -0.39 is 5.97 Å². The molecular formula is C21H23NO5S. The van der Waals surface area contributed by atoms with Crippen molar-refractivity contribution >= 4 is 29.3 Å². The van der Waals surface area contributed by atoms with E-state index in [1.165, 1.54) is 17.3 Å². The molecule has 0 fully saturated rings. The lowest BCUT2D eigenvalue weighted by Gasteiger charge is -2.18. The van der Waals surface area contributed by atoms with Crippen molar-refractivity contribution in [2.45, 2.75) is 24.7 Å². The molecule has 2 aromatic carbocycles. The van der Waals surface area contributed by atoms with Gasteiger partial charge in [0, 0.05) is 10.6 Å².